The van der Waals surface area contributed by atoms with Gasteiger partial charge in [-0.25, -0.2) is 0 Å². The fourth-order valence-electron chi connectivity index (χ4n) is 3.00. The topological polar surface area (TPSA) is 76.7 Å². The molecule has 6 heteroatoms. The van der Waals surface area contributed by atoms with Gasteiger partial charge in [-0.15, -0.1) is 0 Å². The SMILES string of the molecule is C=CC(=O)NCCCc1ccccc1C(=O)NC(C)c1ccc(OC)c(OC)c1. The van der Waals surface area contributed by atoms with Gasteiger partial charge in [0, 0.05) is 12.1 Å². The summed E-state index contributed by atoms with van der Waals surface area (Å²) in [7, 11) is 3.17. The number of nitrogens with one attached hydrogen (secondary N) is 2. The normalized spacial score (nSPS) is 11.3. The second kappa shape index (κ2) is 10.9. The Morgan fingerprint density at radius 2 is 1.83 bits per heavy atom. The number of amides is 2. The summed E-state index contributed by atoms with van der Waals surface area (Å²) in [4.78, 5) is 24.1. The first-order chi connectivity index (χ1) is 14.0. The van der Waals surface area contributed by atoms with E-state index >= 15 is 0 Å². The van der Waals surface area contributed by atoms with Crippen LogP contribution in [0, 0.1) is 0 Å². The van der Waals surface area contributed by atoms with E-state index in [2.05, 4.69) is 17.2 Å². The highest BCUT2D eigenvalue weighted by molar-refractivity contribution is 5.96. The van der Waals surface area contributed by atoms with Gasteiger partial charge in [-0.2, -0.15) is 0 Å². The maximum atomic E-state index is 12.9. The quantitative estimate of drug-likeness (QED) is 0.477. The molecule has 2 N–H and O–H groups in total. The van der Waals surface area contributed by atoms with E-state index in [9.17, 15) is 9.59 Å². The van der Waals surface area contributed by atoms with Crippen molar-refractivity contribution in [1.29, 1.82) is 0 Å². The summed E-state index contributed by atoms with van der Waals surface area (Å²) in [6, 6.07) is 12.9. The van der Waals surface area contributed by atoms with Gasteiger partial charge < -0.3 is 20.1 Å². The number of hydrogen-bond donors (Lipinski definition) is 2. The van der Waals surface area contributed by atoms with Crippen molar-refractivity contribution in [3.63, 3.8) is 0 Å². The molecule has 2 rings (SSSR count). The van der Waals surface area contributed by atoms with Gasteiger partial charge in [0.2, 0.25) is 5.91 Å². The van der Waals surface area contributed by atoms with E-state index in [0.29, 0.717) is 30.0 Å². The van der Waals surface area contributed by atoms with E-state index in [1.807, 2.05) is 49.4 Å². The Labute approximate surface area is 171 Å². The second-order valence-corrected chi connectivity index (χ2v) is 6.57. The van der Waals surface area contributed by atoms with Crippen LogP contribution in [0.1, 0.15) is 40.9 Å². The zero-order valence-electron chi connectivity index (χ0n) is 17.2. The number of rotatable bonds is 10. The molecule has 0 aliphatic rings. The highest BCUT2D eigenvalue weighted by Gasteiger charge is 2.16. The lowest BCUT2D eigenvalue weighted by Crippen LogP contribution is -2.28. The molecule has 0 bridgehead atoms. The highest BCUT2D eigenvalue weighted by Crippen LogP contribution is 2.30. The van der Waals surface area contributed by atoms with Crippen LogP contribution < -0.4 is 20.1 Å². The average Bonchev–Trinajstić information content (AvgIpc) is 2.76. The van der Waals surface area contributed by atoms with Gasteiger partial charge in [0.15, 0.2) is 11.5 Å². The Morgan fingerprint density at radius 1 is 1.10 bits per heavy atom. The van der Waals surface area contributed by atoms with E-state index in [0.717, 1.165) is 17.5 Å². The molecule has 2 amide bonds. The molecule has 0 saturated carbocycles. The lowest BCUT2D eigenvalue weighted by Gasteiger charge is -2.18. The molecule has 0 radical (unpaired) electrons. The fourth-order valence-corrected chi connectivity index (χ4v) is 3.00. The maximum Gasteiger partial charge on any atom is 0.252 e. The monoisotopic (exact) mass is 396 g/mol. The Bertz CT molecular complexity index is 864. The molecule has 6 nitrogen and oxygen atoms in total. The highest BCUT2D eigenvalue weighted by atomic mass is 16.5. The van der Waals surface area contributed by atoms with Crippen LogP contribution in [0.2, 0.25) is 0 Å². The van der Waals surface area contributed by atoms with Crippen molar-refractivity contribution in [3.8, 4) is 11.5 Å². The first-order valence-corrected chi connectivity index (χ1v) is 9.51. The summed E-state index contributed by atoms with van der Waals surface area (Å²) < 4.78 is 10.6. The molecule has 1 unspecified atom stereocenters. The Balaban J connectivity index is 2.05. The van der Waals surface area contributed by atoms with Crippen LogP contribution in [0.3, 0.4) is 0 Å². The number of hydrogen-bond acceptors (Lipinski definition) is 4. The van der Waals surface area contributed by atoms with Gasteiger partial charge in [-0.1, -0.05) is 30.8 Å². The number of carbonyl (C=O) groups is 2. The minimum atomic E-state index is -0.206. The van der Waals surface area contributed by atoms with E-state index < -0.39 is 0 Å². The first kappa shape index (κ1) is 22.0. The van der Waals surface area contributed by atoms with Crippen molar-refractivity contribution >= 4 is 11.8 Å². The molecule has 2 aromatic rings. The summed E-state index contributed by atoms with van der Waals surface area (Å²) >= 11 is 0. The van der Waals surface area contributed by atoms with Crippen molar-refractivity contribution in [1.82, 2.24) is 10.6 Å². The molecule has 0 aromatic heterocycles. The summed E-state index contributed by atoms with van der Waals surface area (Å²) in [5.74, 6) is 0.925. The van der Waals surface area contributed by atoms with Gasteiger partial charge >= 0.3 is 0 Å². The third kappa shape index (κ3) is 6.10. The minimum absolute atomic E-state index is 0.141. The third-order valence-corrected chi connectivity index (χ3v) is 4.62. The Kier molecular flexibility index (Phi) is 8.27. The van der Waals surface area contributed by atoms with Crippen LogP contribution in [0.4, 0.5) is 0 Å². The Morgan fingerprint density at radius 3 is 2.52 bits per heavy atom. The van der Waals surface area contributed by atoms with Gasteiger partial charge in [0.1, 0.15) is 0 Å². The van der Waals surface area contributed by atoms with E-state index in [1.54, 1.807) is 14.2 Å². The predicted molar refractivity (Wildman–Crippen MR) is 113 cm³/mol. The van der Waals surface area contributed by atoms with Crippen LogP contribution in [0.15, 0.2) is 55.1 Å². The van der Waals surface area contributed by atoms with Crippen LogP contribution in [-0.4, -0.2) is 32.6 Å². The van der Waals surface area contributed by atoms with E-state index in [4.69, 9.17) is 9.47 Å². The fraction of sp³-hybridized carbons (Fsp3) is 0.304. The molecule has 0 heterocycles. The molecular weight excluding hydrogens is 368 g/mol. The van der Waals surface area contributed by atoms with E-state index in [-0.39, 0.29) is 17.9 Å². The maximum absolute atomic E-state index is 12.9. The molecule has 0 aliphatic carbocycles. The zero-order chi connectivity index (χ0) is 21.2. The number of aryl methyl sites for hydroxylation is 1. The van der Waals surface area contributed by atoms with Gasteiger partial charge in [-0.3, -0.25) is 9.59 Å². The standard InChI is InChI=1S/C23H28N2O4/c1-5-22(26)24-14-8-10-17-9-6-7-11-19(17)23(27)25-16(2)18-12-13-20(28-3)21(15-18)29-4/h5-7,9,11-13,15-16H,1,8,10,14H2,2-4H3,(H,24,26)(H,25,27). The molecule has 1 atom stereocenters. The second-order valence-electron chi connectivity index (χ2n) is 6.57. The minimum Gasteiger partial charge on any atom is -0.493 e. The average molecular weight is 396 g/mol. The predicted octanol–water partition coefficient (Wildman–Crippen LogP) is 3.43. The van der Waals surface area contributed by atoms with Crippen molar-refractivity contribution in [2.75, 3.05) is 20.8 Å². The van der Waals surface area contributed by atoms with Gasteiger partial charge in [-0.05, 0) is 55.2 Å². The number of methoxy groups -OCH3 is 2. The van der Waals surface area contributed by atoms with Crippen molar-refractivity contribution in [2.45, 2.75) is 25.8 Å². The summed E-state index contributed by atoms with van der Waals surface area (Å²) in [5.41, 5.74) is 2.49. The molecule has 154 valence electrons. The number of benzene rings is 2. The van der Waals surface area contributed by atoms with Crippen molar-refractivity contribution in [3.05, 3.63) is 71.8 Å². The van der Waals surface area contributed by atoms with Crippen LogP contribution in [0.25, 0.3) is 0 Å². The molecule has 2 aromatic carbocycles. The molecule has 0 saturated heterocycles. The summed E-state index contributed by atoms with van der Waals surface area (Å²) in [5, 5.41) is 5.79. The lowest BCUT2D eigenvalue weighted by atomic mass is 10.0. The van der Waals surface area contributed by atoms with Crippen molar-refractivity contribution in [2.24, 2.45) is 0 Å². The molecular formula is C23H28N2O4. The largest absolute Gasteiger partial charge is 0.493 e. The summed E-state index contributed by atoms with van der Waals surface area (Å²) in [6.45, 7) is 5.88. The number of ether oxygens (including phenoxy) is 2. The Hall–Kier alpha value is -3.28. The smallest absolute Gasteiger partial charge is 0.252 e. The number of carbonyl (C=O) groups excluding carboxylic acids is 2. The van der Waals surface area contributed by atoms with Crippen LogP contribution in [0.5, 0.6) is 11.5 Å². The van der Waals surface area contributed by atoms with Gasteiger partial charge in [0.25, 0.3) is 5.91 Å². The zero-order valence-corrected chi connectivity index (χ0v) is 17.2. The van der Waals surface area contributed by atoms with E-state index in [1.165, 1.54) is 6.08 Å². The molecule has 0 aliphatic heterocycles. The molecule has 0 spiro atoms. The van der Waals surface area contributed by atoms with Crippen LogP contribution in [-0.2, 0) is 11.2 Å². The first-order valence-electron chi connectivity index (χ1n) is 9.51. The lowest BCUT2D eigenvalue weighted by molar-refractivity contribution is -0.116. The summed E-state index contributed by atoms with van der Waals surface area (Å²) in [6.07, 6.45) is 2.66. The molecule has 0 fully saturated rings. The molecule has 29 heavy (non-hydrogen) atoms. The third-order valence-electron chi connectivity index (χ3n) is 4.62. The van der Waals surface area contributed by atoms with Crippen molar-refractivity contribution < 1.29 is 19.1 Å². The van der Waals surface area contributed by atoms with Gasteiger partial charge in [0.05, 0.1) is 20.3 Å². The van der Waals surface area contributed by atoms with Crippen LogP contribution >= 0.6 is 0 Å².